The predicted molar refractivity (Wildman–Crippen MR) is 116 cm³/mol. The summed E-state index contributed by atoms with van der Waals surface area (Å²) in [5.41, 5.74) is 1.73. The van der Waals surface area contributed by atoms with Crippen molar-refractivity contribution in [2.24, 2.45) is 4.99 Å². The van der Waals surface area contributed by atoms with E-state index in [0.29, 0.717) is 18.1 Å². The number of anilines is 1. The zero-order valence-electron chi connectivity index (χ0n) is 15.1. The summed E-state index contributed by atoms with van der Waals surface area (Å²) in [6, 6.07) is 16.7. The molecule has 2 aromatic carbocycles. The van der Waals surface area contributed by atoms with Crippen molar-refractivity contribution in [2.45, 2.75) is 19.6 Å². The maximum Gasteiger partial charge on any atom is 0.387 e. The van der Waals surface area contributed by atoms with E-state index in [0.717, 1.165) is 25.2 Å². The molecule has 0 aliphatic rings. The van der Waals surface area contributed by atoms with Crippen molar-refractivity contribution >= 4 is 35.6 Å². The lowest BCUT2D eigenvalue weighted by Gasteiger charge is -2.14. The molecule has 0 aliphatic heterocycles. The Kier molecular flexibility index (Phi) is 11.2. The van der Waals surface area contributed by atoms with Crippen LogP contribution in [0.25, 0.3) is 0 Å². The van der Waals surface area contributed by atoms with Gasteiger partial charge < -0.3 is 20.7 Å². The van der Waals surface area contributed by atoms with Crippen LogP contribution >= 0.6 is 24.0 Å². The highest BCUT2D eigenvalue weighted by Crippen LogP contribution is 2.19. The first kappa shape index (κ1) is 22.9. The number of nitrogens with one attached hydrogen (secondary N) is 3. The molecule has 0 saturated carbocycles. The fraction of sp³-hybridized carbons (Fsp3) is 0.316. The summed E-state index contributed by atoms with van der Waals surface area (Å²) in [6.45, 7) is -0.941. The van der Waals surface area contributed by atoms with Gasteiger partial charge in [-0.25, -0.2) is 0 Å². The second-order valence-electron chi connectivity index (χ2n) is 5.49. The van der Waals surface area contributed by atoms with Gasteiger partial charge in [0.2, 0.25) is 0 Å². The van der Waals surface area contributed by atoms with Gasteiger partial charge in [-0.15, -0.1) is 24.0 Å². The average molecular weight is 490 g/mol. The van der Waals surface area contributed by atoms with E-state index in [1.165, 1.54) is 6.07 Å². The first-order valence-corrected chi connectivity index (χ1v) is 8.45. The van der Waals surface area contributed by atoms with Crippen LogP contribution in [0.3, 0.4) is 0 Å². The molecular formula is C19H25F2IN4O. The number of hydrogen-bond donors (Lipinski definition) is 3. The number of para-hydroxylation sites is 2. The molecule has 3 N–H and O–H groups in total. The number of halogens is 3. The Morgan fingerprint density at radius 1 is 1.00 bits per heavy atom. The second kappa shape index (κ2) is 13.1. The highest BCUT2D eigenvalue weighted by molar-refractivity contribution is 14.0. The molecule has 0 bridgehead atoms. The number of ether oxygens (including phenoxy) is 1. The first-order valence-electron chi connectivity index (χ1n) is 8.45. The Morgan fingerprint density at radius 2 is 1.70 bits per heavy atom. The highest BCUT2D eigenvalue weighted by Gasteiger charge is 2.09. The summed E-state index contributed by atoms with van der Waals surface area (Å²) in [7, 11) is 1.67. The van der Waals surface area contributed by atoms with E-state index >= 15 is 0 Å². The van der Waals surface area contributed by atoms with Gasteiger partial charge in [0.1, 0.15) is 5.75 Å². The predicted octanol–water partition coefficient (Wildman–Crippen LogP) is 4.07. The van der Waals surface area contributed by atoms with Crippen LogP contribution in [0.4, 0.5) is 14.5 Å². The highest BCUT2D eigenvalue weighted by atomic mass is 127. The number of rotatable bonds is 9. The molecule has 0 spiro atoms. The summed E-state index contributed by atoms with van der Waals surface area (Å²) < 4.78 is 29.4. The molecule has 2 aromatic rings. The van der Waals surface area contributed by atoms with Crippen LogP contribution in [0.5, 0.6) is 5.75 Å². The van der Waals surface area contributed by atoms with Crippen LogP contribution in [-0.2, 0) is 6.54 Å². The van der Waals surface area contributed by atoms with E-state index in [1.807, 2.05) is 30.3 Å². The molecule has 148 valence electrons. The van der Waals surface area contributed by atoms with Crippen molar-refractivity contribution in [1.29, 1.82) is 0 Å². The monoisotopic (exact) mass is 490 g/mol. The van der Waals surface area contributed by atoms with Crippen LogP contribution < -0.4 is 20.7 Å². The maximum absolute atomic E-state index is 12.4. The quantitative estimate of drug-likeness (QED) is 0.215. The molecule has 0 atom stereocenters. The summed E-state index contributed by atoms with van der Waals surface area (Å²) in [5.74, 6) is 0.772. The molecular weight excluding hydrogens is 465 g/mol. The lowest BCUT2D eigenvalue weighted by Crippen LogP contribution is -2.37. The molecule has 27 heavy (non-hydrogen) atoms. The van der Waals surface area contributed by atoms with E-state index in [2.05, 4.69) is 25.7 Å². The average Bonchev–Trinajstić information content (AvgIpc) is 2.65. The molecule has 5 nitrogen and oxygen atoms in total. The van der Waals surface area contributed by atoms with E-state index in [-0.39, 0.29) is 29.7 Å². The Hall–Kier alpha value is -2.10. The van der Waals surface area contributed by atoms with E-state index in [4.69, 9.17) is 0 Å². The Bertz CT molecular complexity index is 686. The van der Waals surface area contributed by atoms with Crippen LogP contribution in [0, 0.1) is 0 Å². The molecule has 0 saturated heterocycles. The zero-order valence-corrected chi connectivity index (χ0v) is 17.5. The largest absolute Gasteiger partial charge is 0.434 e. The van der Waals surface area contributed by atoms with Crippen LogP contribution in [0.15, 0.2) is 59.6 Å². The van der Waals surface area contributed by atoms with Gasteiger partial charge in [0.05, 0.1) is 0 Å². The first-order chi connectivity index (χ1) is 12.7. The maximum atomic E-state index is 12.4. The molecule has 2 rings (SSSR count). The summed E-state index contributed by atoms with van der Waals surface area (Å²) in [6.07, 6.45) is 0.903. The molecule has 0 radical (unpaired) electrons. The second-order valence-corrected chi connectivity index (χ2v) is 5.49. The molecule has 8 heteroatoms. The van der Waals surface area contributed by atoms with Gasteiger partial charge >= 0.3 is 6.61 Å². The van der Waals surface area contributed by atoms with Gasteiger partial charge in [-0.2, -0.15) is 8.78 Å². The van der Waals surface area contributed by atoms with Gasteiger partial charge in [0.25, 0.3) is 0 Å². The van der Waals surface area contributed by atoms with Gasteiger partial charge in [-0.05, 0) is 24.6 Å². The minimum Gasteiger partial charge on any atom is -0.434 e. The topological polar surface area (TPSA) is 57.7 Å². The van der Waals surface area contributed by atoms with E-state index in [1.54, 1.807) is 25.2 Å². The molecule has 0 amide bonds. The van der Waals surface area contributed by atoms with E-state index < -0.39 is 6.61 Å². The Balaban J connectivity index is 0.00000364. The smallest absolute Gasteiger partial charge is 0.387 e. The Labute approximate surface area is 175 Å². The van der Waals surface area contributed by atoms with Crippen molar-refractivity contribution in [3.8, 4) is 5.75 Å². The summed E-state index contributed by atoms with van der Waals surface area (Å²) in [4.78, 5) is 4.13. The number of hydrogen-bond acceptors (Lipinski definition) is 3. The standard InChI is InChI=1S/C19H24F2N4O.HI/c1-22-19(24-13-7-12-23-16-9-3-2-4-10-16)25-14-15-8-5-6-11-17(15)26-18(20)21;/h2-6,8-11,18,23H,7,12-14H2,1H3,(H2,22,24,25);1H. The Morgan fingerprint density at radius 3 is 2.41 bits per heavy atom. The summed E-state index contributed by atoms with van der Waals surface area (Å²) >= 11 is 0. The molecule has 0 heterocycles. The van der Waals surface area contributed by atoms with Crippen molar-refractivity contribution in [3.05, 3.63) is 60.2 Å². The number of benzene rings is 2. The lowest BCUT2D eigenvalue weighted by molar-refractivity contribution is -0.0504. The third kappa shape index (κ3) is 8.89. The normalized spacial score (nSPS) is 10.9. The fourth-order valence-corrected chi connectivity index (χ4v) is 2.34. The minimum absolute atomic E-state index is 0. The van der Waals surface area contributed by atoms with Crippen molar-refractivity contribution < 1.29 is 13.5 Å². The lowest BCUT2D eigenvalue weighted by atomic mass is 10.2. The molecule has 0 aliphatic carbocycles. The SMILES string of the molecule is CN=C(NCCCNc1ccccc1)NCc1ccccc1OC(F)F.I. The number of nitrogens with zero attached hydrogens (tertiary/aromatic N) is 1. The number of alkyl halides is 2. The van der Waals surface area contributed by atoms with Crippen molar-refractivity contribution in [3.63, 3.8) is 0 Å². The van der Waals surface area contributed by atoms with E-state index in [9.17, 15) is 8.78 Å². The molecule has 0 unspecified atom stereocenters. The van der Waals surface area contributed by atoms with Crippen molar-refractivity contribution in [1.82, 2.24) is 10.6 Å². The van der Waals surface area contributed by atoms with Gasteiger partial charge in [0.15, 0.2) is 5.96 Å². The van der Waals surface area contributed by atoms with Gasteiger partial charge in [-0.3, -0.25) is 4.99 Å². The molecule has 0 aromatic heterocycles. The summed E-state index contributed by atoms with van der Waals surface area (Å²) in [5, 5.41) is 9.63. The zero-order chi connectivity index (χ0) is 18.6. The van der Waals surface area contributed by atoms with Gasteiger partial charge in [0, 0.05) is 37.9 Å². The third-order valence-electron chi connectivity index (χ3n) is 3.61. The van der Waals surface area contributed by atoms with Crippen LogP contribution in [-0.4, -0.2) is 32.7 Å². The number of guanidine groups is 1. The number of aliphatic imine (C=N–C) groups is 1. The van der Waals surface area contributed by atoms with Gasteiger partial charge in [-0.1, -0.05) is 36.4 Å². The minimum atomic E-state index is -2.84. The third-order valence-corrected chi connectivity index (χ3v) is 3.61. The fourth-order valence-electron chi connectivity index (χ4n) is 2.34. The molecule has 0 fully saturated rings. The van der Waals surface area contributed by atoms with Crippen molar-refractivity contribution in [2.75, 3.05) is 25.5 Å². The van der Waals surface area contributed by atoms with Crippen LogP contribution in [0.2, 0.25) is 0 Å². The van der Waals surface area contributed by atoms with Crippen LogP contribution in [0.1, 0.15) is 12.0 Å².